The second-order valence-corrected chi connectivity index (χ2v) is 7.73. The van der Waals surface area contributed by atoms with Crippen molar-refractivity contribution in [2.45, 2.75) is 19.4 Å². The number of quaternary nitrogens is 1. The van der Waals surface area contributed by atoms with Crippen LogP contribution in [0.3, 0.4) is 0 Å². The van der Waals surface area contributed by atoms with E-state index in [1.807, 2.05) is 29.8 Å². The van der Waals surface area contributed by atoms with Gasteiger partial charge in [0, 0.05) is 12.1 Å². The zero-order valence-corrected chi connectivity index (χ0v) is 17.0. The number of nitriles is 1. The van der Waals surface area contributed by atoms with Crippen molar-refractivity contribution < 1.29 is 14.5 Å². The van der Waals surface area contributed by atoms with Crippen LogP contribution < -0.4 is 10.2 Å². The molecule has 3 rings (SSSR count). The third-order valence-corrected chi connectivity index (χ3v) is 5.66. The van der Waals surface area contributed by atoms with Gasteiger partial charge in [-0.1, -0.05) is 48.0 Å². The van der Waals surface area contributed by atoms with E-state index in [0.29, 0.717) is 0 Å². The predicted octanol–water partition coefficient (Wildman–Crippen LogP) is 3.80. The van der Waals surface area contributed by atoms with E-state index in [2.05, 4.69) is 30.3 Å². The molecule has 0 aliphatic heterocycles. The molecule has 0 aliphatic carbocycles. The van der Waals surface area contributed by atoms with Gasteiger partial charge in [0.1, 0.15) is 11.9 Å². The quantitative estimate of drug-likeness (QED) is 0.616. The number of nitrogens with two attached hydrogens (primary N) is 1. The zero-order chi connectivity index (χ0) is 20.6. The molecule has 4 nitrogen and oxygen atoms in total. The predicted molar refractivity (Wildman–Crippen MR) is 113 cm³/mol. The third-order valence-electron chi connectivity index (χ3n) is 4.71. The Balaban J connectivity index is 1.80. The van der Waals surface area contributed by atoms with Gasteiger partial charge in [0.25, 0.3) is 5.91 Å². The van der Waals surface area contributed by atoms with Crippen molar-refractivity contribution in [2.75, 3.05) is 18.0 Å². The molecular formula is C23H23FN3OS+. The first-order valence-corrected chi connectivity index (χ1v) is 10.3. The molecule has 0 radical (unpaired) electrons. The largest absolute Gasteiger partial charge is 0.328 e. The molecule has 1 heterocycles. The molecule has 0 aliphatic rings. The summed E-state index contributed by atoms with van der Waals surface area (Å²) in [7, 11) is 0. The highest BCUT2D eigenvalue weighted by Gasteiger charge is 2.24. The van der Waals surface area contributed by atoms with Crippen LogP contribution in [0, 0.1) is 24.1 Å². The van der Waals surface area contributed by atoms with Gasteiger partial charge in [0.05, 0.1) is 23.1 Å². The Morgan fingerprint density at radius 1 is 1.17 bits per heavy atom. The number of hydrogen-bond donors (Lipinski definition) is 1. The number of thiophene rings is 1. The van der Waals surface area contributed by atoms with Gasteiger partial charge in [-0.3, -0.25) is 4.79 Å². The molecule has 2 N–H and O–H groups in total. The molecule has 6 heteroatoms. The second-order valence-electron chi connectivity index (χ2n) is 6.75. The first kappa shape index (κ1) is 20.7. The summed E-state index contributed by atoms with van der Waals surface area (Å²) in [5.41, 5.74) is 2.50. The Morgan fingerprint density at radius 3 is 2.59 bits per heavy atom. The molecule has 1 atom stereocenters. The van der Waals surface area contributed by atoms with Gasteiger partial charge in [-0.05, 0) is 30.5 Å². The summed E-state index contributed by atoms with van der Waals surface area (Å²) >= 11 is 1.64. The fraction of sp³-hybridized carbons (Fsp3) is 0.217. The molecule has 0 saturated carbocycles. The van der Waals surface area contributed by atoms with Crippen LogP contribution in [-0.4, -0.2) is 19.0 Å². The lowest BCUT2D eigenvalue weighted by Gasteiger charge is -2.23. The standard InChI is InChI=1S/C23H22FN3OS/c1-17-9-11-18(12-10-17)23(21-8-4-15-29-21)26-16-22(28)27(14-5-13-25)20-7-3-2-6-19(20)24/h2-4,6-12,15,23,26H,5,14,16H2,1H3/p+1/t23-/m0/s1. The third kappa shape index (κ3) is 5.29. The number of halogens is 1. The summed E-state index contributed by atoms with van der Waals surface area (Å²) in [6.07, 6.45) is 0.145. The van der Waals surface area contributed by atoms with E-state index in [9.17, 15) is 9.18 Å². The van der Waals surface area contributed by atoms with E-state index in [1.54, 1.807) is 29.5 Å². The number of para-hydroxylation sites is 1. The number of hydrogen-bond acceptors (Lipinski definition) is 3. The Kier molecular flexibility index (Phi) is 7.12. The normalized spacial score (nSPS) is 11.6. The van der Waals surface area contributed by atoms with Crippen LogP contribution in [0.4, 0.5) is 10.1 Å². The highest BCUT2D eigenvalue weighted by Crippen LogP contribution is 2.23. The molecule has 2 aromatic carbocycles. The maximum absolute atomic E-state index is 14.3. The first-order chi connectivity index (χ1) is 14.1. The number of benzene rings is 2. The maximum atomic E-state index is 14.3. The smallest absolute Gasteiger partial charge is 0.282 e. The van der Waals surface area contributed by atoms with Crippen molar-refractivity contribution in [1.29, 1.82) is 5.26 Å². The van der Waals surface area contributed by atoms with E-state index in [-0.39, 0.29) is 37.1 Å². The topological polar surface area (TPSA) is 60.7 Å². The van der Waals surface area contributed by atoms with Gasteiger partial charge in [0.15, 0.2) is 6.54 Å². The molecule has 0 bridgehead atoms. The van der Waals surface area contributed by atoms with E-state index in [1.165, 1.54) is 16.5 Å². The maximum Gasteiger partial charge on any atom is 0.282 e. The molecular weight excluding hydrogens is 385 g/mol. The SMILES string of the molecule is Cc1ccc([C@H]([NH2+]CC(=O)N(CCC#N)c2ccccc2F)c2cccs2)cc1. The molecule has 29 heavy (non-hydrogen) atoms. The summed E-state index contributed by atoms with van der Waals surface area (Å²) < 4.78 is 14.3. The summed E-state index contributed by atoms with van der Waals surface area (Å²) in [6.45, 7) is 2.35. The van der Waals surface area contributed by atoms with Gasteiger partial charge in [0.2, 0.25) is 0 Å². The van der Waals surface area contributed by atoms with E-state index in [0.717, 1.165) is 10.4 Å². The van der Waals surface area contributed by atoms with Crippen LogP contribution in [-0.2, 0) is 4.79 Å². The van der Waals surface area contributed by atoms with E-state index >= 15 is 0 Å². The number of anilines is 1. The lowest BCUT2D eigenvalue weighted by molar-refractivity contribution is -0.676. The van der Waals surface area contributed by atoms with Crippen LogP contribution in [0.25, 0.3) is 0 Å². The number of carbonyl (C=O) groups is 1. The molecule has 148 valence electrons. The Bertz CT molecular complexity index is 980. The highest BCUT2D eigenvalue weighted by molar-refractivity contribution is 7.10. The van der Waals surface area contributed by atoms with Crippen molar-refractivity contribution in [2.24, 2.45) is 0 Å². The minimum absolute atomic E-state index is 0.0158. The zero-order valence-electron chi connectivity index (χ0n) is 16.2. The van der Waals surface area contributed by atoms with Crippen LogP contribution in [0.15, 0.2) is 66.0 Å². The monoisotopic (exact) mass is 408 g/mol. The van der Waals surface area contributed by atoms with Gasteiger partial charge in [-0.2, -0.15) is 5.26 Å². The minimum atomic E-state index is -0.466. The van der Waals surface area contributed by atoms with Crippen molar-refractivity contribution >= 4 is 22.9 Å². The van der Waals surface area contributed by atoms with Crippen molar-refractivity contribution in [3.63, 3.8) is 0 Å². The van der Waals surface area contributed by atoms with Gasteiger partial charge in [-0.15, -0.1) is 11.3 Å². The Morgan fingerprint density at radius 2 is 1.93 bits per heavy atom. The first-order valence-electron chi connectivity index (χ1n) is 9.45. The second kappa shape index (κ2) is 9.97. The van der Waals surface area contributed by atoms with Crippen LogP contribution in [0.5, 0.6) is 0 Å². The fourth-order valence-electron chi connectivity index (χ4n) is 3.20. The molecule has 1 aromatic heterocycles. The lowest BCUT2D eigenvalue weighted by Crippen LogP contribution is -2.87. The molecule has 1 amide bonds. The molecule has 0 spiro atoms. The Hall–Kier alpha value is -3.01. The summed E-state index contributed by atoms with van der Waals surface area (Å²) in [6, 6.07) is 20.5. The lowest BCUT2D eigenvalue weighted by atomic mass is 10.0. The fourth-order valence-corrected chi connectivity index (χ4v) is 4.05. The van der Waals surface area contributed by atoms with Crippen molar-refractivity contribution in [3.8, 4) is 6.07 Å². The van der Waals surface area contributed by atoms with E-state index < -0.39 is 5.82 Å². The van der Waals surface area contributed by atoms with Crippen molar-refractivity contribution in [1.82, 2.24) is 0 Å². The summed E-state index contributed by atoms with van der Waals surface area (Å²) in [5, 5.41) is 12.9. The van der Waals surface area contributed by atoms with Gasteiger partial charge in [-0.25, -0.2) is 4.39 Å². The highest BCUT2D eigenvalue weighted by atomic mass is 32.1. The van der Waals surface area contributed by atoms with E-state index in [4.69, 9.17) is 5.26 Å². The molecule has 0 saturated heterocycles. The number of nitrogens with zero attached hydrogens (tertiary/aromatic N) is 2. The number of rotatable bonds is 8. The van der Waals surface area contributed by atoms with Gasteiger partial charge >= 0.3 is 0 Å². The average Bonchev–Trinajstić information content (AvgIpc) is 3.25. The number of aryl methyl sites for hydroxylation is 1. The number of amides is 1. The molecule has 3 aromatic rings. The molecule has 0 fully saturated rings. The summed E-state index contributed by atoms with van der Waals surface area (Å²) in [5.74, 6) is -0.689. The van der Waals surface area contributed by atoms with Crippen LogP contribution in [0.2, 0.25) is 0 Å². The Labute approximate surface area is 174 Å². The van der Waals surface area contributed by atoms with Crippen LogP contribution >= 0.6 is 11.3 Å². The summed E-state index contributed by atoms with van der Waals surface area (Å²) in [4.78, 5) is 15.5. The number of carbonyl (C=O) groups excluding carboxylic acids is 1. The van der Waals surface area contributed by atoms with Gasteiger partial charge < -0.3 is 10.2 Å². The molecule has 0 unspecified atom stereocenters. The average molecular weight is 409 g/mol. The van der Waals surface area contributed by atoms with Crippen molar-refractivity contribution in [3.05, 3.63) is 87.9 Å². The minimum Gasteiger partial charge on any atom is -0.328 e. The van der Waals surface area contributed by atoms with Crippen LogP contribution in [0.1, 0.15) is 28.5 Å².